The third-order valence-corrected chi connectivity index (χ3v) is 2.35. The Morgan fingerprint density at radius 1 is 1.40 bits per heavy atom. The summed E-state index contributed by atoms with van der Waals surface area (Å²) in [7, 11) is 4.13. The van der Waals surface area contributed by atoms with E-state index in [1.807, 2.05) is 12.1 Å². The topological polar surface area (TPSA) is 41.3 Å². The van der Waals surface area contributed by atoms with Crippen molar-refractivity contribution in [3.8, 4) is 0 Å². The number of nitrogen functional groups attached to an aromatic ring is 1. The van der Waals surface area contributed by atoms with Crippen LogP contribution in [-0.4, -0.2) is 32.1 Å². The second-order valence-electron chi connectivity index (χ2n) is 3.82. The molecule has 0 saturated heterocycles. The molecule has 3 nitrogen and oxygen atoms in total. The summed E-state index contributed by atoms with van der Waals surface area (Å²) in [5.74, 6) is 0. The SMILES string of the molecule is CN(C)CCCNc1ccc(Cl)cc1N. The van der Waals surface area contributed by atoms with E-state index in [-0.39, 0.29) is 0 Å². The van der Waals surface area contributed by atoms with Gasteiger partial charge in [-0.25, -0.2) is 0 Å². The average molecular weight is 228 g/mol. The molecule has 0 bridgehead atoms. The molecule has 0 aliphatic heterocycles. The van der Waals surface area contributed by atoms with Gasteiger partial charge in [0.1, 0.15) is 0 Å². The van der Waals surface area contributed by atoms with Gasteiger partial charge in [0, 0.05) is 11.6 Å². The van der Waals surface area contributed by atoms with Gasteiger partial charge in [0.15, 0.2) is 0 Å². The van der Waals surface area contributed by atoms with Crippen molar-refractivity contribution in [3.05, 3.63) is 23.2 Å². The van der Waals surface area contributed by atoms with Crippen molar-refractivity contribution in [3.63, 3.8) is 0 Å². The number of hydrogen-bond acceptors (Lipinski definition) is 3. The van der Waals surface area contributed by atoms with Crippen LogP contribution in [-0.2, 0) is 0 Å². The molecule has 0 aromatic heterocycles. The molecule has 3 N–H and O–H groups in total. The molecule has 15 heavy (non-hydrogen) atoms. The van der Waals surface area contributed by atoms with E-state index in [1.165, 1.54) is 0 Å². The van der Waals surface area contributed by atoms with Gasteiger partial charge in [-0.3, -0.25) is 0 Å². The van der Waals surface area contributed by atoms with Gasteiger partial charge in [0.05, 0.1) is 11.4 Å². The molecule has 0 aliphatic rings. The van der Waals surface area contributed by atoms with Crippen molar-refractivity contribution in [1.29, 1.82) is 0 Å². The molecule has 0 heterocycles. The molecule has 0 atom stereocenters. The summed E-state index contributed by atoms with van der Waals surface area (Å²) in [6, 6.07) is 5.51. The lowest BCUT2D eigenvalue weighted by Crippen LogP contribution is -2.16. The maximum absolute atomic E-state index is 5.81. The van der Waals surface area contributed by atoms with E-state index >= 15 is 0 Å². The molecule has 0 amide bonds. The quantitative estimate of drug-likeness (QED) is 0.599. The monoisotopic (exact) mass is 227 g/mol. The maximum atomic E-state index is 5.81. The number of benzene rings is 1. The molecule has 0 aliphatic carbocycles. The lowest BCUT2D eigenvalue weighted by Gasteiger charge is -2.12. The zero-order chi connectivity index (χ0) is 11.3. The Morgan fingerprint density at radius 3 is 2.73 bits per heavy atom. The van der Waals surface area contributed by atoms with Crippen molar-refractivity contribution < 1.29 is 0 Å². The largest absolute Gasteiger partial charge is 0.397 e. The highest BCUT2D eigenvalue weighted by molar-refractivity contribution is 6.31. The Labute approximate surface area is 96.2 Å². The number of halogens is 1. The Balaban J connectivity index is 2.37. The summed E-state index contributed by atoms with van der Waals surface area (Å²) in [5.41, 5.74) is 7.46. The minimum Gasteiger partial charge on any atom is -0.397 e. The van der Waals surface area contributed by atoms with Crippen LogP contribution < -0.4 is 11.1 Å². The van der Waals surface area contributed by atoms with E-state index in [4.69, 9.17) is 17.3 Å². The summed E-state index contributed by atoms with van der Waals surface area (Å²) >= 11 is 5.81. The Kier molecular flexibility index (Phi) is 4.72. The van der Waals surface area contributed by atoms with Gasteiger partial charge in [-0.05, 0) is 45.3 Å². The van der Waals surface area contributed by atoms with E-state index in [0.717, 1.165) is 25.2 Å². The normalized spacial score (nSPS) is 10.7. The first-order valence-corrected chi connectivity index (χ1v) is 5.41. The lowest BCUT2D eigenvalue weighted by atomic mass is 10.2. The summed E-state index contributed by atoms with van der Waals surface area (Å²) < 4.78 is 0. The minimum absolute atomic E-state index is 0.673. The van der Waals surface area contributed by atoms with Crippen LogP contribution in [0.5, 0.6) is 0 Å². The number of anilines is 2. The van der Waals surface area contributed by atoms with Gasteiger partial charge in [-0.2, -0.15) is 0 Å². The van der Waals surface area contributed by atoms with E-state index < -0.39 is 0 Å². The second-order valence-corrected chi connectivity index (χ2v) is 4.25. The summed E-state index contributed by atoms with van der Waals surface area (Å²) in [5, 5.41) is 3.96. The van der Waals surface area contributed by atoms with E-state index in [2.05, 4.69) is 24.3 Å². The molecule has 1 aromatic carbocycles. The Morgan fingerprint density at radius 2 is 2.13 bits per heavy atom. The first-order chi connectivity index (χ1) is 7.09. The van der Waals surface area contributed by atoms with E-state index in [0.29, 0.717) is 10.7 Å². The van der Waals surface area contributed by atoms with Crippen LogP contribution in [0.1, 0.15) is 6.42 Å². The first kappa shape index (κ1) is 12.1. The highest BCUT2D eigenvalue weighted by Crippen LogP contribution is 2.22. The van der Waals surface area contributed by atoms with Gasteiger partial charge in [-0.1, -0.05) is 11.6 Å². The average Bonchev–Trinajstić information content (AvgIpc) is 2.14. The number of nitrogens with one attached hydrogen (secondary N) is 1. The molecule has 0 radical (unpaired) electrons. The molecule has 0 saturated carbocycles. The maximum Gasteiger partial charge on any atom is 0.0574 e. The molecular weight excluding hydrogens is 210 g/mol. The predicted molar refractivity (Wildman–Crippen MR) is 67.5 cm³/mol. The molecular formula is C11H18ClN3. The van der Waals surface area contributed by atoms with Crippen LogP contribution in [0.4, 0.5) is 11.4 Å². The van der Waals surface area contributed by atoms with Gasteiger partial charge in [-0.15, -0.1) is 0 Å². The van der Waals surface area contributed by atoms with Crippen LogP contribution in [0.3, 0.4) is 0 Å². The highest BCUT2D eigenvalue weighted by Gasteiger charge is 1.98. The Bertz CT molecular complexity index is 313. The van der Waals surface area contributed by atoms with E-state index in [1.54, 1.807) is 6.07 Å². The fourth-order valence-electron chi connectivity index (χ4n) is 1.31. The van der Waals surface area contributed by atoms with Gasteiger partial charge >= 0.3 is 0 Å². The fraction of sp³-hybridized carbons (Fsp3) is 0.455. The van der Waals surface area contributed by atoms with Crippen LogP contribution in [0.25, 0.3) is 0 Å². The molecule has 4 heteroatoms. The van der Waals surface area contributed by atoms with Crippen LogP contribution in [0.2, 0.25) is 5.02 Å². The molecule has 0 fully saturated rings. The van der Waals surface area contributed by atoms with Crippen LogP contribution >= 0.6 is 11.6 Å². The number of rotatable bonds is 5. The van der Waals surface area contributed by atoms with Crippen molar-refractivity contribution >= 4 is 23.0 Å². The van der Waals surface area contributed by atoms with Gasteiger partial charge < -0.3 is 16.0 Å². The third-order valence-electron chi connectivity index (χ3n) is 2.11. The summed E-state index contributed by atoms with van der Waals surface area (Å²) in [6.45, 7) is 1.99. The number of nitrogens with two attached hydrogens (primary N) is 1. The standard InChI is InChI=1S/C11H18ClN3/c1-15(2)7-3-6-14-11-5-4-9(12)8-10(11)13/h4-5,8,14H,3,6-7,13H2,1-2H3. The molecule has 0 unspecified atom stereocenters. The van der Waals surface area contributed by atoms with Crippen molar-refractivity contribution in [2.75, 3.05) is 38.2 Å². The highest BCUT2D eigenvalue weighted by atomic mass is 35.5. The van der Waals surface area contributed by atoms with E-state index in [9.17, 15) is 0 Å². The third kappa shape index (κ3) is 4.40. The van der Waals surface area contributed by atoms with Crippen molar-refractivity contribution in [2.45, 2.75) is 6.42 Å². The predicted octanol–water partition coefficient (Wildman–Crippen LogP) is 2.29. The van der Waals surface area contributed by atoms with Crippen LogP contribution in [0, 0.1) is 0 Å². The summed E-state index contributed by atoms with van der Waals surface area (Å²) in [6.07, 6.45) is 1.09. The van der Waals surface area contributed by atoms with Gasteiger partial charge in [0.25, 0.3) is 0 Å². The molecule has 84 valence electrons. The smallest absolute Gasteiger partial charge is 0.0574 e. The fourth-order valence-corrected chi connectivity index (χ4v) is 1.49. The Hall–Kier alpha value is -0.930. The first-order valence-electron chi connectivity index (χ1n) is 5.03. The molecule has 0 spiro atoms. The number of hydrogen-bond donors (Lipinski definition) is 2. The zero-order valence-corrected chi connectivity index (χ0v) is 10.0. The van der Waals surface area contributed by atoms with Crippen LogP contribution in [0.15, 0.2) is 18.2 Å². The van der Waals surface area contributed by atoms with Crippen molar-refractivity contribution in [2.24, 2.45) is 0 Å². The van der Waals surface area contributed by atoms with Gasteiger partial charge in [0.2, 0.25) is 0 Å². The van der Waals surface area contributed by atoms with Crippen molar-refractivity contribution in [1.82, 2.24) is 4.90 Å². The molecule has 1 rings (SSSR count). The zero-order valence-electron chi connectivity index (χ0n) is 9.26. The second kappa shape index (κ2) is 5.83. The summed E-state index contributed by atoms with van der Waals surface area (Å²) in [4.78, 5) is 2.16. The lowest BCUT2D eigenvalue weighted by molar-refractivity contribution is 0.405. The minimum atomic E-state index is 0.673. The number of nitrogens with zero attached hydrogens (tertiary/aromatic N) is 1. The molecule has 1 aromatic rings.